The van der Waals surface area contributed by atoms with E-state index in [0.29, 0.717) is 0 Å². The Hall–Kier alpha value is -1.91. The normalized spacial score (nSPS) is 9.92. The molecule has 0 amide bonds. The maximum absolute atomic E-state index is 4.08. The van der Waals surface area contributed by atoms with E-state index in [1.807, 2.05) is 13.0 Å². The molecule has 2 aromatic heterocycles. The number of aromatic amines is 1. The van der Waals surface area contributed by atoms with Gasteiger partial charge in [0.05, 0.1) is 6.20 Å². The first-order chi connectivity index (χ1) is 6.36. The van der Waals surface area contributed by atoms with Crippen LogP contribution in [0.25, 0.3) is 0 Å². The zero-order valence-electron chi connectivity index (χ0n) is 7.15. The Morgan fingerprint density at radius 3 is 3.08 bits per heavy atom. The Morgan fingerprint density at radius 2 is 2.38 bits per heavy atom. The highest BCUT2D eigenvalue weighted by molar-refractivity contribution is 5.53. The molecule has 0 radical (unpaired) electrons. The first-order valence-corrected chi connectivity index (χ1v) is 3.89. The number of nitrogens with zero attached hydrogens (tertiary/aromatic N) is 3. The number of aryl methyl sites for hydroxylation is 1. The number of hydrogen-bond donors (Lipinski definition) is 2. The van der Waals surface area contributed by atoms with Crippen LogP contribution in [0.1, 0.15) is 5.56 Å². The lowest BCUT2D eigenvalue weighted by Gasteiger charge is -2.03. The molecule has 0 aliphatic rings. The number of H-pyrrole nitrogens is 1. The third kappa shape index (κ3) is 1.64. The van der Waals surface area contributed by atoms with E-state index in [1.165, 1.54) is 6.33 Å². The molecular weight excluding hydrogens is 166 g/mol. The van der Waals surface area contributed by atoms with Gasteiger partial charge in [-0.1, -0.05) is 0 Å². The summed E-state index contributed by atoms with van der Waals surface area (Å²) in [5.41, 5.74) is 0.997. The van der Waals surface area contributed by atoms with Gasteiger partial charge < -0.3 is 5.32 Å². The van der Waals surface area contributed by atoms with Gasteiger partial charge in [0.2, 0.25) is 0 Å². The summed E-state index contributed by atoms with van der Waals surface area (Å²) in [5.74, 6) is 1.61. The molecule has 0 saturated heterocycles. The third-order valence-corrected chi connectivity index (χ3v) is 1.65. The van der Waals surface area contributed by atoms with Crippen LogP contribution < -0.4 is 5.32 Å². The van der Waals surface area contributed by atoms with Crippen molar-refractivity contribution in [1.29, 1.82) is 0 Å². The summed E-state index contributed by atoms with van der Waals surface area (Å²) in [5, 5.41) is 9.69. The highest BCUT2D eigenvalue weighted by atomic mass is 15.2. The van der Waals surface area contributed by atoms with Crippen molar-refractivity contribution in [2.45, 2.75) is 6.92 Å². The maximum atomic E-state index is 4.08. The van der Waals surface area contributed by atoms with Crippen LogP contribution in [0.3, 0.4) is 0 Å². The Morgan fingerprint density at radius 1 is 1.46 bits per heavy atom. The SMILES string of the molecule is Cc1cncnc1Nc1ccn[nH]1. The van der Waals surface area contributed by atoms with Gasteiger partial charge in [0, 0.05) is 17.8 Å². The first kappa shape index (κ1) is 7.72. The maximum Gasteiger partial charge on any atom is 0.137 e. The molecule has 0 fully saturated rings. The Balaban J connectivity index is 2.24. The lowest BCUT2D eigenvalue weighted by Crippen LogP contribution is -1.96. The molecule has 0 aliphatic heterocycles. The van der Waals surface area contributed by atoms with Gasteiger partial charge in [-0.05, 0) is 6.92 Å². The van der Waals surface area contributed by atoms with Crippen LogP contribution in [0.5, 0.6) is 0 Å². The molecule has 5 heteroatoms. The van der Waals surface area contributed by atoms with Crippen molar-refractivity contribution in [2.24, 2.45) is 0 Å². The van der Waals surface area contributed by atoms with E-state index in [4.69, 9.17) is 0 Å². The summed E-state index contributed by atoms with van der Waals surface area (Å²) in [7, 11) is 0. The standard InChI is InChI=1S/C8H9N5/c1-6-4-9-5-10-8(6)12-7-2-3-11-13-7/h2-5H,1H3,(H2,9,10,11,12,13). The Bertz CT molecular complexity index is 381. The van der Waals surface area contributed by atoms with E-state index >= 15 is 0 Å². The van der Waals surface area contributed by atoms with Crippen LogP contribution in [0.2, 0.25) is 0 Å². The van der Waals surface area contributed by atoms with Gasteiger partial charge in [0.1, 0.15) is 18.0 Å². The quantitative estimate of drug-likeness (QED) is 0.720. The predicted octanol–water partition coefficient (Wildman–Crippen LogP) is 1.25. The number of rotatable bonds is 2. The summed E-state index contributed by atoms with van der Waals surface area (Å²) in [6.07, 6.45) is 4.94. The molecular formula is C8H9N5. The summed E-state index contributed by atoms with van der Waals surface area (Å²) >= 11 is 0. The van der Waals surface area contributed by atoms with Gasteiger partial charge in [-0.25, -0.2) is 9.97 Å². The van der Waals surface area contributed by atoms with E-state index < -0.39 is 0 Å². The summed E-state index contributed by atoms with van der Waals surface area (Å²) in [6, 6.07) is 1.83. The minimum atomic E-state index is 0.791. The lowest BCUT2D eigenvalue weighted by molar-refractivity contribution is 1.08. The van der Waals surface area contributed by atoms with Gasteiger partial charge in [-0.3, -0.25) is 5.10 Å². The monoisotopic (exact) mass is 175 g/mol. The predicted molar refractivity (Wildman–Crippen MR) is 48.6 cm³/mol. The number of nitrogens with one attached hydrogen (secondary N) is 2. The summed E-state index contributed by atoms with van der Waals surface area (Å²) in [6.45, 7) is 1.94. The van der Waals surface area contributed by atoms with E-state index in [2.05, 4.69) is 25.5 Å². The van der Waals surface area contributed by atoms with E-state index in [1.54, 1.807) is 12.4 Å². The van der Waals surface area contributed by atoms with Crippen LogP contribution in [0.4, 0.5) is 11.6 Å². The third-order valence-electron chi connectivity index (χ3n) is 1.65. The molecule has 2 aromatic rings. The fraction of sp³-hybridized carbons (Fsp3) is 0.125. The average molecular weight is 175 g/mol. The molecule has 13 heavy (non-hydrogen) atoms. The smallest absolute Gasteiger partial charge is 0.137 e. The van der Waals surface area contributed by atoms with Crippen LogP contribution in [-0.4, -0.2) is 20.2 Å². The molecule has 0 atom stereocenters. The number of aromatic nitrogens is 4. The van der Waals surface area contributed by atoms with Crippen LogP contribution >= 0.6 is 0 Å². The van der Waals surface area contributed by atoms with E-state index in [-0.39, 0.29) is 0 Å². The molecule has 66 valence electrons. The fourth-order valence-electron chi connectivity index (χ4n) is 0.983. The van der Waals surface area contributed by atoms with Crippen LogP contribution in [0.15, 0.2) is 24.8 Å². The van der Waals surface area contributed by atoms with Crippen LogP contribution in [0, 0.1) is 6.92 Å². The second-order valence-corrected chi connectivity index (χ2v) is 2.65. The minimum Gasteiger partial charge on any atom is -0.325 e. The molecule has 2 heterocycles. The minimum absolute atomic E-state index is 0.791. The van der Waals surface area contributed by atoms with Crippen molar-refractivity contribution in [3.05, 3.63) is 30.4 Å². The van der Waals surface area contributed by atoms with Gasteiger partial charge in [-0.2, -0.15) is 5.10 Å². The van der Waals surface area contributed by atoms with Gasteiger partial charge >= 0.3 is 0 Å². The zero-order chi connectivity index (χ0) is 9.10. The fourth-order valence-corrected chi connectivity index (χ4v) is 0.983. The van der Waals surface area contributed by atoms with E-state index in [0.717, 1.165) is 17.2 Å². The van der Waals surface area contributed by atoms with Crippen molar-refractivity contribution in [1.82, 2.24) is 20.2 Å². The highest BCUT2D eigenvalue weighted by Gasteiger charge is 1.99. The second kappa shape index (κ2) is 3.22. The zero-order valence-corrected chi connectivity index (χ0v) is 7.15. The largest absolute Gasteiger partial charge is 0.325 e. The molecule has 0 aliphatic carbocycles. The van der Waals surface area contributed by atoms with Gasteiger partial charge in [-0.15, -0.1) is 0 Å². The van der Waals surface area contributed by atoms with Crippen molar-refractivity contribution in [3.63, 3.8) is 0 Å². The first-order valence-electron chi connectivity index (χ1n) is 3.89. The van der Waals surface area contributed by atoms with E-state index in [9.17, 15) is 0 Å². The molecule has 0 aromatic carbocycles. The Kier molecular flexibility index (Phi) is 1.91. The summed E-state index contributed by atoms with van der Waals surface area (Å²) in [4.78, 5) is 7.98. The number of hydrogen-bond acceptors (Lipinski definition) is 4. The van der Waals surface area contributed by atoms with Crippen molar-refractivity contribution >= 4 is 11.6 Å². The second-order valence-electron chi connectivity index (χ2n) is 2.65. The summed E-state index contributed by atoms with van der Waals surface area (Å²) < 4.78 is 0. The lowest BCUT2D eigenvalue weighted by atomic mass is 10.3. The van der Waals surface area contributed by atoms with Gasteiger partial charge in [0.25, 0.3) is 0 Å². The van der Waals surface area contributed by atoms with Crippen molar-refractivity contribution in [3.8, 4) is 0 Å². The molecule has 0 unspecified atom stereocenters. The topological polar surface area (TPSA) is 66.5 Å². The molecule has 0 bridgehead atoms. The number of anilines is 2. The average Bonchev–Trinajstić information content (AvgIpc) is 2.61. The van der Waals surface area contributed by atoms with Gasteiger partial charge in [0.15, 0.2) is 0 Å². The molecule has 0 saturated carbocycles. The van der Waals surface area contributed by atoms with Crippen molar-refractivity contribution < 1.29 is 0 Å². The molecule has 5 nitrogen and oxygen atoms in total. The molecule has 0 spiro atoms. The molecule has 2 rings (SSSR count). The van der Waals surface area contributed by atoms with Crippen molar-refractivity contribution in [2.75, 3.05) is 5.32 Å². The highest BCUT2D eigenvalue weighted by Crippen LogP contribution is 2.13. The molecule has 2 N–H and O–H groups in total. The Labute approximate surface area is 75.2 Å². The van der Waals surface area contributed by atoms with Crippen LogP contribution in [-0.2, 0) is 0 Å².